The number of hydrogen-bond acceptors (Lipinski definition) is 10. The van der Waals surface area contributed by atoms with Crippen molar-refractivity contribution in [2.75, 3.05) is 0 Å². The summed E-state index contributed by atoms with van der Waals surface area (Å²) >= 11 is 0. The van der Waals surface area contributed by atoms with E-state index in [1.54, 1.807) is 36.4 Å². The number of ether oxygens (including phenoxy) is 5. The van der Waals surface area contributed by atoms with Crippen molar-refractivity contribution < 1.29 is 47.7 Å². The summed E-state index contributed by atoms with van der Waals surface area (Å²) in [5.74, 6) is -4.24. The Morgan fingerprint density at radius 1 is 0.378 bits per heavy atom. The van der Waals surface area contributed by atoms with Crippen molar-refractivity contribution in [2.24, 2.45) is 0 Å². The van der Waals surface area contributed by atoms with E-state index >= 15 is 0 Å². The Morgan fingerprint density at radius 2 is 0.703 bits per heavy atom. The van der Waals surface area contributed by atoms with E-state index in [0.717, 1.165) is 49.5 Å². The van der Waals surface area contributed by atoms with E-state index in [0.29, 0.717) is 11.1 Å². The van der Waals surface area contributed by atoms with Crippen LogP contribution in [-0.2, 0) is 38.1 Å². The fraction of sp³-hybridized carbons (Fsp3) is 0. The van der Waals surface area contributed by atoms with Crippen LogP contribution in [0, 0.1) is 0 Å². The smallest absolute Gasteiger partial charge is 0.343 e. The Morgan fingerprint density at radius 3 is 1.11 bits per heavy atom. The van der Waals surface area contributed by atoms with Gasteiger partial charge in [0, 0.05) is 0 Å². The van der Waals surface area contributed by atoms with Crippen molar-refractivity contribution in [3.05, 3.63) is 120 Å². The molecule has 10 heteroatoms. The second-order valence-corrected chi connectivity index (χ2v) is 6.81. The molecule has 0 fully saturated rings. The maximum atomic E-state index is 12.4. The highest BCUT2D eigenvalue weighted by atomic mass is 16.6. The van der Waals surface area contributed by atoms with Crippen molar-refractivity contribution in [1.82, 2.24) is 0 Å². The molecular weight excluding hydrogens is 484 g/mol. The Balaban J connectivity index is 1.82. The molecule has 0 amide bonds. The van der Waals surface area contributed by atoms with E-state index in [1.165, 1.54) is 24.3 Å². The van der Waals surface area contributed by atoms with Crippen LogP contribution in [0.2, 0.25) is 0 Å². The predicted molar refractivity (Wildman–Crippen MR) is 127 cm³/mol. The molecule has 10 nitrogen and oxygen atoms in total. The standard InChI is InChI=1S/C27H18O10/c28-23-11-16-35-25(30)13-18-37-27(32)22-8-4-2-6-20(22)10-15-34-24(29)12-17-36-26(31)21-7-3-1-5-19(21)9-14-33-23/h1-18H. The first-order chi connectivity index (χ1) is 17.9. The van der Waals surface area contributed by atoms with Crippen LogP contribution in [0.25, 0.3) is 12.2 Å². The Labute approximate surface area is 210 Å². The van der Waals surface area contributed by atoms with Gasteiger partial charge in [-0.1, -0.05) is 36.4 Å². The third-order valence-corrected chi connectivity index (χ3v) is 4.37. The molecule has 3 rings (SSSR count). The fourth-order valence-corrected chi connectivity index (χ4v) is 2.71. The zero-order valence-corrected chi connectivity index (χ0v) is 19.0. The van der Waals surface area contributed by atoms with Gasteiger partial charge in [0.1, 0.15) is 18.8 Å². The largest absolute Gasteiger partial charge is 0.431 e. The molecular formula is C27H18O10. The lowest BCUT2D eigenvalue weighted by Gasteiger charge is -2.04. The van der Waals surface area contributed by atoms with Crippen molar-refractivity contribution in [1.29, 1.82) is 0 Å². The third kappa shape index (κ3) is 8.34. The van der Waals surface area contributed by atoms with Crippen molar-refractivity contribution in [3.63, 3.8) is 0 Å². The van der Waals surface area contributed by atoms with Gasteiger partial charge in [-0.15, -0.1) is 0 Å². The molecule has 0 saturated heterocycles. The van der Waals surface area contributed by atoms with Gasteiger partial charge in [-0.05, 0) is 35.4 Å². The van der Waals surface area contributed by atoms with E-state index in [-0.39, 0.29) is 11.1 Å². The maximum Gasteiger partial charge on any atom is 0.343 e. The second kappa shape index (κ2) is 13.4. The third-order valence-electron chi connectivity index (χ3n) is 4.37. The van der Waals surface area contributed by atoms with Crippen LogP contribution in [0.15, 0.2) is 98.1 Å². The zero-order valence-electron chi connectivity index (χ0n) is 19.0. The van der Waals surface area contributed by atoms with Crippen molar-refractivity contribution in [3.8, 4) is 0 Å². The minimum atomic E-state index is -0.928. The molecule has 0 spiro atoms. The van der Waals surface area contributed by atoms with Crippen LogP contribution >= 0.6 is 0 Å². The zero-order chi connectivity index (χ0) is 26.5. The molecule has 1 heterocycles. The fourth-order valence-electron chi connectivity index (χ4n) is 2.71. The molecule has 1 aliphatic rings. The van der Waals surface area contributed by atoms with Gasteiger partial charge in [0.25, 0.3) is 0 Å². The molecule has 37 heavy (non-hydrogen) atoms. The first kappa shape index (κ1) is 26.1. The van der Waals surface area contributed by atoms with Crippen LogP contribution in [0.3, 0.4) is 0 Å². The number of fused-ring (bicyclic) bond motifs is 2. The highest BCUT2D eigenvalue weighted by Crippen LogP contribution is 2.14. The van der Waals surface area contributed by atoms with Gasteiger partial charge in [0.05, 0.1) is 41.9 Å². The topological polar surface area (TPSA) is 132 Å². The Kier molecular flexibility index (Phi) is 9.45. The molecule has 0 N–H and O–H groups in total. The van der Waals surface area contributed by atoms with Gasteiger partial charge in [-0.25, -0.2) is 24.0 Å². The lowest BCUT2D eigenvalue weighted by Crippen LogP contribution is -2.05. The normalized spacial score (nSPS) is 15.3. The second-order valence-electron chi connectivity index (χ2n) is 6.81. The highest BCUT2D eigenvalue weighted by Gasteiger charge is 2.12. The lowest BCUT2D eigenvalue weighted by atomic mass is 10.1. The summed E-state index contributed by atoms with van der Waals surface area (Å²) in [5.41, 5.74) is 0.956. The van der Waals surface area contributed by atoms with E-state index < -0.39 is 29.8 Å². The molecule has 0 aromatic heterocycles. The first-order valence-corrected chi connectivity index (χ1v) is 10.5. The van der Waals surface area contributed by atoms with E-state index in [1.807, 2.05) is 0 Å². The van der Waals surface area contributed by atoms with Crippen molar-refractivity contribution >= 4 is 42.0 Å². The van der Waals surface area contributed by atoms with Crippen LogP contribution in [0.5, 0.6) is 0 Å². The van der Waals surface area contributed by atoms with Gasteiger partial charge >= 0.3 is 29.8 Å². The number of carbonyl (C=O) groups is 5. The van der Waals surface area contributed by atoms with E-state index in [9.17, 15) is 24.0 Å². The molecule has 186 valence electrons. The SMILES string of the molecule is O=C1C=COC(=O)C=COC(=O)c2ccccc2C=COC(=O)C=COC(=O)c2ccccc2C=CO1. The van der Waals surface area contributed by atoms with Gasteiger partial charge in [-0.2, -0.15) is 0 Å². The minimum Gasteiger partial charge on any atom is -0.431 e. The first-order valence-electron chi connectivity index (χ1n) is 10.5. The van der Waals surface area contributed by atoms with Crippen molar-refractivity contribution in [2.45, 2.75) is 0 Å². The number of rotatable bonds is 0. The Hall–Kier alpha value is -5.51. The summed E-state index contributed by atoms with van der Waals surface area (Å²) in [6.45, 7) is 0. The molecule has 2 aromatic rings. The highest BCUT2D eigenvalue weighted by molar-refractivity contribution is 5.95. The average molecular weight is 502 g/mol. The van der Waals surface area contributed by atoms with Crippen LogP contribution < -0.4 is 0 Å². The number of hydrogen-bond donors (Lipinski definition) is 0. The Bertz CT molecular complexity index is 1340. The quantitative estimate of drug-likeness (QED) is 0.387. The van der Waals surface area contributed by atoms with Gasteiger partial charge in [-0.3, -0.25) is 0 Å². The molecule has 0 aliphatic carbocycles. The summed E-state index contributed by atoms with van der Waals surface area (Å²) in [4.78, 5) is 60.1. The summed E-state index contributed by atoms with van der Waals surface area (Å²) in [7, 11) is 0. The molecule has 1 aliphatic heterocycles. The molecule has 0 atom stereocenters. The monoisotopic (exact) mass is 502 g/mol. The number of esters is 5. The minimum absolute atomic E-state index is 0.112. The van der Waals surface area contributed by atoms with Gasteiger partial charge < -0.3 is 23.7 Å². The molecule has 0 bridgehead atoms. The summed E-state index contributed by atoms with van der Waals surface area (Å²) in [6, 6.07) is 12.5. The predicted octanol–water partition coefficient (Wildman–Crippen LogP) is 3.83. The molecule has 0 radical (unpaired) electrons. The van der Waals surface area contributed by atoms with Crippen LogP contribution in [-0.4, -0.2) is 29.8 Å². The summed E-state index contributed by atoms with van der Waals surface area (Å²) < 4.78 is 24.3. The maximum absolute atomic E-state index is 12.4. The lowest BCUT2D eigenvalue weighted by molar-refractivity contribution is -0.134. The number of benzene rings is 2. The number of cyclic esters (lactones) is 5. The van der Waals surface area contributed by atoms with E-state index in [2.05, 4.69) is 4.74 Å². The van der Waals surface area contributed by atoms with Gasteiger partial charge in [0.15, 0.2) is 0 Å². The molecule has 0 saturated carbocycles. The number of carbonyl (C=O) groups excluding carboxylic acids is 5. The van der Waals surface area contributed by atoms with Gasteiger partial charge in [0.2, 0.25) is 0 Å². The molecule has 2 aromatic carbocycles. The van der Waals surface area contributed by atoms with Crippen LogP contribution in [0.1, 0.15) is 31.8 Å². The van der Waals surface area contributed by atoms with Crippen LogP contribution in [0.4, 0.5) is 0 Å². The summed E-state index contributed by atoms with van der Waals surface area (Å²) in [5, 5.41) is 0. The average Bonchev–Trinajstić information content (AvgIpc) is 2.88. The molecule has 0 unspecified atom stereocenters. The van der Waals surface area contributed by atoms with E-state index in [4.69, 9.17) is 18.9 Å². The summed E-state index contributed by atoms with van der Waals surface area (Å²) in [6.07, 6.45) is 9.78.